The van der Waals surface area contributed by atoms with Gasteiger partial charge in [0.05, 0.1) is 7.11 Å². The van der Waals surface area contributed by atoms with E-state index in [4.69, 9.17) is 4.89 Å². The summed E-state index contributed by atoms with van der Waals surface area (Å²) in [5.41, 5.74) is 0. The Morgan fingerprint density at radius 1 is 1.73 bits per heavy atom. The van der Waals surface area contributed by atoms with Gasteiger partial charge in [-0.3, -0.25) is 9.63 Å². The van der Waals surface area contributed by atoms with E-state index < -0.39 is 20.8 Å². The molecule has 1 unspecified atom stereocenters. The Hall–Kier alpha value is -0.550. The average molecular weight is 182 g/mol. The van der Waals surface area contributed by atoms with Gasteiger partial charge in [0.15, 0.2) is 6.61 Å². The first-order chi connectivity index (χ1) is 5.07. The molecule has 0 radical (unpaired) electrons. The van der Waals surface area contributed by atoms with Gasteiger partial charge in [-0.1, -0.05) is 0 Å². The topological polar surface area (TPSA) is 76.1 Å². The van der Waals surface area contributed by atoms with E-state index in [1.54, 1.807) is 0 Å². The molecule has 1 N–H and O–H groups in total. The number of nitrogens with zero attached hydrogens (tertiary/aromatic N) is 1. The van der Waals surface area contributed by atoms with Crippen molar-refractivity contribution in [3.63, 3.8) is 0 Å². The standard InChI is InChI=1S/C4H8NO5P/c1-5(9-2)4(6)3-10-11(7)8/h3H2,1-2H3/p+1. The Morgan fingerprint density at radius 2 is 2.27 bits per heavy atom. The van der Waals surface area contributed by atoms with Crippen LogP contribution in [0.25, 0.3) is 0 Å². The molecule has 6 nitrogen and oxygen atoms in total. The van der Waals surface area contributed by atoms with Crippen LogP contribution >= 0.6 is 8.25 Å². The number of hydrogen-bond donors (Lipinski definition) is 1. The van der Waals surface area contributed by atoms with Gasteiger partial charge in [0.1, 0.15) is 0 Å². The highest BCUT2D eigenvalue weighted by atomic mass is 31.1. The zero-order valence-corrected chi connectivity index (χ0v) is 7.08. The van der Waals surface area contributed by atoms with Crippen molar-refractivity contribution in [2.24, 2.45) is 0 Å². The summed E-state index contributed by atoms with van der Waals surface area (Å²) < 4.78 is 14.0. The summed E-state index contributed by atoms with van der Waals surface area (Å²) in [5.74, 6) is -0.523. The highest BCUT2D eigenvalue weighted by Crippen LogP contribution is 2.13. The number of amides is 1. The molecular weight excluding hydrogens is 173 g/mol. The van der Waals surface area contributed by atoms with Crippen molar-refractivity contribution in [1.29, 1.82) is 0 Å². The summed E-state index contributed by atoms with van der Waals surface area (Å²) in [5, 5.41) is 0.902. The average Bonchev–Trinajstić information content (AvgIpc) is 1.98. The fourth-order valence-electron chi connectivity index (χ4n) is 0.303. The van der Waals surface area contributed by atoms with Crippen molar-refractivity contribution in [2.45, 2.75) is 0 Å². The summed E-state index contributed by atoms with van der Waals surface area (Å²) in [6.07, 6.45) is 0. The van der Waals surface area contributed by atoms with E-state index in [0.29, 0.717) is 0 Å². The minimum absolute atomic E-state index is 0.462. The number of hydroxylamine groups is 2. The molecule has 0 saturated heterocycles. The van der Waals surface area contributed by atoms with Gasteiger partial charge < -0.3 is 0 Å². The molecule has 1 amide bonds. The highest BCUT2D eigenvalue weighted by Gasteiger charge is 2.17. The first-order valence-electron chi connectivity index (χ1n) is 2.67. The molecule has 0 bridgehead atoms. The lowest BCUT2D eigenvalue weighted by atomic mass is 10.7. The number of carbonyl (C=O) groups excluding carboxylic acids is 1. The van der Waals surface area contributed by atoms with E-state index >= 15 is 0 Å². The Bertz CT molecular complexity index is 161. The van der Waals surface area contributed by atoms with Crippen LogP contribution in [0.5, 0.6) is 0 Å². The van der Waals surface area contributed by atoms with Crippen molar-refractivity contribution in [3.8, 4) is 0 Å². The summed E-state index contributed by atoms with van der Waals surface area (Å²) in [7, 11) is -0.0422. The fourth-order valence-corrected chi connectivity index (χ4v) is 0.524. The van der Waals surface area contributed by atoms with Crippen molar-refractivity contribution in [3.05, 3.63) is 0 Å². The lowest BCUT2D eigenvalue weighted by Crippen LogP contribution is -2.28. The van der Waals surface area contributed by atoms with Gasteiger partial charge in [-0.2, -0.15) is 0 Å². The van der Waals surface area contributed by atoms with Gasteiger partial charge in [0, 0.05) is 11.6 Å². The predicted molar refractivity (Wildman–Crippen MR) is 35.6 cm³/mol. The predicted octanol–water partition coefficient (Wildman–Crippen LogP) is -0.328. The van der Waals surface area contributed by atoms with E-state index in [0.717, 1.165) is 5.06 Å². The molecule has 0 saturated carbocycles. The molecule has 0 aliphatic carbocycles. The first kappa shape index (κ1) is 10.4. The second kappa shape index (κ2) is 5.15. The Labute approximate surface area is 64.6 Å². The zero-order chi connectivity index (χ0) is 8.85. The molecule has 0 aromatic rings. The largest absolute Gasteiger partial charge is 0.695 e. The van der Waals surface area contributed by atoms with Crippen LogP contribution in [0.15, 0.2) is 0 Å². The molecule has 0 spiro atoms. The highest BCUT2D eigenvalue weighted by molar-refractivity contribution is 7.32. The summed E-state index contributed by atoms with van der Waals surface area (Å²) in [6.45, 7) is -0.462. The maximum Gasteiger partial charge on any atom is 0.695 e. The quantitative estimate of drug-likeness (QED) is 0.476. The van der Waals surface area contributed by atoms with Crippen molar-refractivity contribution < 1.29 is 23.6 Å². The number of likely N-dealkylation sites (N-methyl/N-ethyl adjacent to an activating group) is 1. The van der Waals surface area contributed by atoms with Crippen LogP contribution in [-0.4, -0.2) is 36.6 Å². The molecular formula is C4H9NO5P+. The van der Waals surface area contributed by atoms with E-state index in [9.17, 15) is 9.36 Å². The minimum atomic E-state index is -2.72. The molecule has 7 heteroatoms. The summed E-state index contributed by atoms with van der Waals surface area (Å²) >= 11 is 0. The Kier molecular flexibility index (Phi) is 4.89. The third-order valence-electron chi connectivity index (χ3n) is 0.924. The zero-order valence-electron chi connectivity index (χ0n) is 6.18. The minimum Gasteiger partial charge on any atom is -0.274 e. The summed E-state index contributed by atoms with van der Waals surface area (Å²) in [4.78, 5) is 23.3. The second-order valence-electron chi connectivity index (χ2n) is 1.59. The molecule has 0 aliphatic rings. The third-order valence-corrected chi connectivity index (χ3v) is 1.27. The van der Waals surface area contributed by atoms with Gasteiger partial charge in [0.25, 0.3) is 5.91 Å². The first-order valence-corrected chi connectivity index (χ1v) is 3.80. The maximum absolute atomic E-state index is 10.7. The van der Waals surface area contributed by atoms with Gasteiger partial charge in [-0.15, -0.1) is 9.42 Å². The Morgan fingerprint density at radius 3 is 2.64 bits per heavy atom. The fraction of sp³-hybridized carbons (Fsp3) is 0.750. The molecule has 0 aromatic carbocycles. The van der Waals surface area contributed by atoms with Gasteiger partial charge >= 0.3 is 8.25 Å². The summed E-state index contributed by atoms with van der Waals surface area (Å²) in [6, 6.07) is 0. The number of rotatable bonds is 4. The van der Waals surface area contributed by atoms with Gasteiger partial charge in [0.2, 0.25) is 0 Å². The van der Waals surface area contributed by atoms with Crippen LogP contribution in [0, 0.1) is 0 Å². The Balaban J connectivity index is 3.60. The second-order valence-corrected chi connectivity index (χ2v) is 2.32. The van der Waals surface area contributed by atoms with Crippen LogP contribution in [0.1, 0.15) is 0 Å². The molecule has 1 atom stereocenters. The molecule has 0 fully saturated rings. The van der Waals surface area contributed by atoms with Gasteiger partial charge in [-0.05, 0) is 0 Å². The van der Waals surface area contributed by atoms with Crippen molar-refractivity contribution in [2.75, 3.05) is 20.8 Å². The normalized spacial score (nSPS) is 11.0. The third kappa shape index (κ3) is 4.80. The smallest absolute Gasteiger partial charge is 0.274 e. The lowest BCUT2D eigenvalue weighted by molar-refractivity contribution is -0.170. The molecule has 0 aromatic heterocycles. The number of hydrogen-bond acceptors (Lipinski definition) is 4. The molecule has 0 heterocycles. The number of carbonyl (C=O) groups is 1. The van der Waals surface area contributed by atoms with Gasteiger partial charge in [-0.25, -0.2) is 5.06 Å². The van der Waals surface area contributed by atoms with E-state index in [1.807, 2.05) is 0 Å². The molecule has 0 rings (SSSR count). The van der Waals surface area contributed by atoms with Crippen molar-refractivity contribution >= 4 is 14.2 Å². The van der Waals surface area contributed by atoms with Crippen molar-refractivity contribution in [1.82, 2.24) is 5.06 Å². The van der Waals surface area contributed by atoms with Crippen LogP contribution < -0.4 is 0 Å². The van der Waals surface area contributed by atoms with Crippen LogP contribution in [0.3, 0.4) is 0 Å². The molecule has 0 aliphatic heterocycles. The SMILES string of the molecule is CON(C)C(=O)CO[P+](=O)O. The van der Waals surface area contributed by atoms with E-state index in [2.05, 4.69) is 9.36 Å². The maximum atomic E-state index is 10.7. The lowest BCUT2D eigenvalue weighted by Gasteiger charge is -2.10. The van der Waals surface area contributed by atoms with E-state index in [1.165, 1.54) is 14.2 Å². The monoisotopic (exact) mass is 182 g/mol. The van der Waals surface area contributed by atoms with Crippen LogP contribution in [0.2, 0.25) is 0 Å². The van der Waals surface area contributed by atoms with Crippen LogP contribution in [0.4, 0.5) is 0 Å². The molecule has 11 heavy (non-hydrogen) atoms. The van der Waals surface area contributed by atoms with Crippen LogP contribution in [-0.2, 0) is 18.7 Å². The van der Waals surface area contributed by atoms with E-state index in [-0.39, 0.29) is 0 Å². The molecule has 64 valence electrons.